The first-order valence-corrected chi connectivity index (χ1v) is 30.8. The molecule has 86 heavy (non-hydrogen) atoms. The average Bonchev–Trinajstić information content (AvgIpc) is 3.70. The fraction of sp³-hybridized carbons (Fsp3) is 0.897. The van der Waals surface area contributed by atoms with Crippen LogP contribution < -0.4 is 9.47 Å². The summed E-state index contributed by atoms with van der Waals surface area (Å²) in [6, 6.07) is 3.81. The van der Waals surface area contributed by atoms with Gasteiger partial charge in [0.15, 0.2) is 0 Å². The number of hydrogen-bond donors (Lipinski definition) is 0. The average molecular weight is 1320 g/mol. The van der Waals surface area contributed by atoms with Gasteiger partial charge in [-0.2, -0.15) is 0 Å². The minimum Gasteiger partial charge on any atom is -0.495 e. The Morgan fingerprint density at radius 1 is 0.198 bits per heavy atom. The van der Waals surface area contributed by atoms with E-state index in [-0.39, 0.29) is 0 Å². The van der Waals surface area contributed by atoms with Crippen LogP contribution in [0.25, 0.3) is 0 Å². The van der Waals surface area contributed by atoms with Crippen molar-refractivity contribution >= 4 is 15.9 Å². The van der Waals surface area contributed by atoms with Crippen LogP contribution in [-0.2, 0) is 125 Å². The second-order valence-electron chi connectivity index (χ2n) is 17.4. The van der Waals surface area contributed by atoms with Crippen LogP contribution in [0.4, 0.5) is 0 Å². The molecule has 510 valence electrons. The van der Waals surface area contributed by atoms with E-state index in [4.69, 9.17) is 128 Å². The predicted molar refractivity (Wildman–Crippen MR) is 318 cm³/mol. The molecule has 0 bridgehead atoms. The molecule has 0 aliphatic carbocycles. The molecule has 27 nitrogen and oxygen atoms in total. The van der Waals surface area contributed by atoms with Gasteiger partial charge in [-0.25, -0.2) is 0 Å². The van der Waals surface area contributed by atoms with E-state index < -0.39 is 0 Å². The molecule has 0 unspecified atom stereocenters. The van der Waals surface area contributed by atoms with Crippen LogP contribution in [0.15, 0.2) is 16.6 Å². The molecule has 0 aliphatic heterocycles. The lowest BCUT2D eigenvalue weighted by molar-refractivity contribution is -0.0320. The van der Waals surface area contributed by atoms with Crippen LogP contribution in [0, 0.1) is 0 Å². The maximum absolute atomic E-state index is 5.69. The standard InChI is InChI=1S/C58H109BrO27/c1-60-4-5-63-6-7-64-8-9-65-10-11-66-12-13-67-14-15-68-16-17-69-18-19-70-20-21-71-22-23-72-24-25-73-26-27-74-28-29-75-30-31-76-32-33-77-34-35-78-36-37-79-38-39-80-40-41-81-42-43-82-44-45-83-46-47-84-48-49-85-50-51-86-54-55-52-56(61-2)58(59)57(53-55)62-3/h52-53H,4-51,54H2,1-3H3. The monoisotopic (exact) mass is 1320 g/mol. The second-order valence-corrected chi connectivity index (χ2v) is 18.2. The number of rotatable bonds is 76. The molecule has 0 aromatic heterocycles. The summed E-state index contributed by atoms with van der Waals surface area (Å²) in [5.41, 5.74) is 0.949. The molecule has 0 heterocycles. The molecule has 0 N–H and O–H groups in total. The molecule has 0 amide bonds. The summed E-state index contributed by atoms with van der Waals surface area (Å²) in [7, 11) is 4.87. The zero-order valence-electron chi connectivity index (χ0n) is 52.2. The Hall–Kier alpha value is -1.70. The van der Waals surface area contributed by atoms with Crippen LogP contribution in [0.3, 0.4) is 0 Å². The van der Waals surface area contributed by atoms with Crippen LogP contribution >= 0.6 is 15.9 Å². The Kier molecular flexibility index (Phi) is 69.3. The van der Waals surface area contributed by atoms with Crippen molar-refractivity contribution in [1.29, 1.82) is 0 Å². The number of methoxy groups -OCH3 is 3. The third kappa shape index (κ3) is 62.5. The summed E-state index contributed by atoms with van der Waals surface area (Å²) >= 11 is 3.47. The highest BCUT2D eigenvalue weighted by atomic mass is 79.9. The predicted octanol–water partition coefficient (Wildman–Crippen LogP) is 3.01. The van der Waals surface area contributed by atoms with E-state index in [1.165, 1.54) is 0 Å². The highest BCUT2D eigenvalue weighted by Gasteiger charge is 2.10. The molecular formula is C58H109BrO27. The first kappa shape index (κ1) is 82.3. The van der Waals surface area contributed by atoms with Crippen molar-refractivity contribution in [2.24, 2.45) is 0 Å². The lowest BCUT2D eigenvalue weighted by atomic mass is 10.2. The highest BCUT2D eigenvalue weighted by molar-refractivity contribution is 9.10. The second kappa shape index (κ2) is 72.4. The number of ether oxygens (including phenoxy) is 27. The lowest BCUT2D eigenvalue weighted by Crippen LogP contribution is -2.16. The molecule has 0 saturated carbocycles. The van der Waals surface area contributed by atoms with Crippen molar-refractivity contribution in [2.45, 2.75) is 6.61 Å². The van der Waals surface area contributed by atoms with Crippen molar-refractivity contribution in [3.63, 3.8) is 0 Å². The SMILES string of the molecule is COCCOCCOCCOCCOCCOCCOCCOCCOCCOCCOCCOCCOCCOCCOCCOCCOCCOCCOCCOCCOCCOCCOCCOCCOCc1cc(OC)c(Br)c(OC)c1. The Labute approximate surface area is 520 Å². The smallest absolute Gasteiger partial charge is 0.137 e. The van der Waals surface area contributed by atoms with Gasteiger partial charge < -0.3 is 128 Å². The summed E-state index contributed by atoms with van der Waals surface area (Å²) in [4.78, 5) is 0. The van der Waals surface area contributed by atoms with E-state index in [0.29, 0.717) is 335 Å². The van der Waals surface area contributed by atoms with Gasteiger partial charge in [0.1, 0.15) is 16.0 Å². The number of benzene rings is 1. The van der Waals surface area contributed by atoms with Crippen LogP contribution in [0.5, 0.6) is 11.5 Å². The van der Waals surface area contributed by atoms with Gasteiger partial charge in [0.05, 0.1) is 338 Å². The molecule has 0 aliphatic rings. The maximum atomic E-state index is 5.69. The van der Waals surface area contributed by atoms with Gasteiger partial charge in [0.25, 0.3) is 0 Å². The summed E-state index contributed by atoms with van der Waals surface area (Å²) in [6.07, 6.45) is 0. The van der Waals surface area contributed by atoms with E-state index in [9.17, 15) is 0 Å². The topological polar surface area (TPSA) is 249 Å². The quantitative estimate of drug-likeness (QED) is 0.0851. The minimum absolute atomic E-state index is 0.425. The number of halogens is 1. The Bertz CT molecular complexity index is 1430. The van der Waals surface area contributed by atoms with E-state index in [0.717, 1.165) is 10.0 Å². The van der Waals surface area contributed by atoms with Crippen molar-refractivity contribution in [3.8, 4) is 11.5 Å². The molecule has 1 aromatic carbocycles. The summed E-state index contributed by atoms with van der Waals surface area (Å²) in [6.45, 7) is 24.2. The summed E-state index contributed by atoms with van der Waals surface area (Å²) in [5.74, 6) is 1.38. The van der Waals surface area contributed by atoms with Crippen molar-refractivity contribution in [2.75, 3.05) is 338 Å². The zero-order valence-corrected chi connectivity index (χ0v) is 53.8. The first-order chi connectivity index (χ1) is 42.7. The van der Waals surface area contributed by atoms with Crippen LogP contribution in [0.2, 0.25) is 0 Å². The number of hydrogen-bond acceptors (Lipinski definition) is 27. The molecule has 1 rings (SSSR count). The Balaban J connectivity index is 1.61. The van der Waals surface area contributed by atoms with E-state index in [2.05, 4.69) is 15.9 Å². The third-order valence-corrected chi connectivity index (χ3v) is 11.5. The van der Waals surface area contributed by atoms with Gasteiger partial charge >= 0.3 is 0 Å². The molecule has 0 fully saturated rings. The molecule has 28 heteroatoms. The fourth-order valence-electron chi connectivity index (χ4n) is 6.40. The largest absolute Gasteiger partial charge is 0.495 e. The molecule has 1 aromatic rings. The van der Waals surface area contributed by atoms with Crippen LogP contribution in [0.1, 0.15) is 5.56 Å². The van der Waals surface area contributed by atoms with E-state index in [1.807, 2.05) is 12.1 Å². The molecule has 0 spiro atoms. The molecule has 0 atom stereocenters. The minimum atomic E-state index is 0.425. The van der Waals surface area contributed by atoms with Gasteiger partial charge in [-0.05, 0) is 33.6 Å². The van der Waals surface area contributed by atoms with Crippen molar-refractivity contribution in [1.82, 2.24) is 0 Å². The van der Waals surface area contributed by atoms with Gasteiger partial charge in [0.2, 0.25) is 0 Å². The van der Waals surface area contributed by atoms with E-state index >= 15 is 0 Å². The normalized spacial score (nSPS) is 11.7. The van der Waals surface area contributed by atoms with Gasteiger partial charge in [-0.3, -0.25) is 0 Å². The summed E-state index contributed by atoms with van der Waals surface area (Å²) in [5, 5.41) is 0. The molecule has 0 saturated heterocycles. The van der Waals surface area contributed by atoms with Gasteiger partial charge in [-0.15, -0.1) is 0 Å². The van der Waals surface area contributed by atoms with Crippen molar-refractivity contribution in [3.05, 3.63) is 22.2 Å². The molecular weight excluding hydrogens is 1210 g/mol. The maximum Gasteiger partial charge on any atom is 0.137 e. The van der Waals surface area contributed by atoms with Gasteiger partial charge in [0, 0.05) is 7.11 Å². The fourth-order valence-corrected chi connectivity index (χ4v) is 6.95. The Morgan fingerprint density at radius 3 is 0.453 bits per heavy atom. The molecule has 0 radical (unpaired) electrons. The lowest BCUT2D eigenvalue weighted by Gasteiger charge is -2.12. The van der Waals surface area contributed by atoms with Gasteiger partial charge in [-0.1, -0.05) is 0 Å². The summed E-state index contributed by atoms with van der Waals surface area (Å²) < 4.78 is 149. The third-order valence-electron chi connectivity index (χ3n) is 10.8. The Morgan fingerprint density at radius 2 is 0.326 bits per heavy atom. The first-order valence-electron chi connectivity index (χ1n) is 30.0. The zero-order chi connectivity index (χ0) is 61.5. The van der Waals surface area contributed by atoms with E-state index in [1.54, 1.807) is 21.3 Å². The highest BCUT2D eigenvalue weighted by Crippen LogP contribution is 2.35. The van der Waals surface area contributed by atoms with Crippen LogP contribution in [-0.4, -0.2) is 338 Å². The van der Waals surface area contributed by atoms with Crippen molar-refractivity contribution < 1.29 is 128 Å².